The fourth-order valence-corrected chi connectivity index (χ4v) is 4.83. The summed E-state index contributed by atoms with van der Waals surface area (Å²) in [5.41, 5.74) is 6.28. The Hall–Kier alpha value is -3.25. The number of nitrogens with zero attached hydrogens (tertiary/aromatic N) is 2. The summed E-state index contributed by atoms with van der Waals surface area (Å²) in [4.78, 5) is 20.9. The molecule has 144 valence electrons. The van der Waals surface area contributed by atoms with Crippen molar-refractivity contribution in [2.75, 3.05) is 5.32 Å². The Morgan fingerprint density at radius 1 is 1.00 bits per heavy atom. The summed E-state index contributed by atoms with van der Waals surface area (Å²) in [6.07, 6.45) is 6.40. The molecule has 6 heteroatoms. The van der Waals surface area contributed by atoms with Crippen LogP contribution in [0.2, 0.25) is 0 Å². The minimum Gasteiger partial charge on any atom is -0.478 e. The van der Waals surface area contributed by atoms with Gasteiger partial charge in [-0.15, -0.1) is 11.3 Å². The van der Waals surface area contributed by atoms with Crippen molar-refractivity contribution in [2.45, 2.75) is 25.7 Å². The lowest BCUT2D eigenvalue weighted by atomic mass is 9.89. The number of anilines is 2. The second-order valence-electron chi connectivity index (χ2n) is 7.25. The number of benzene rings is 2. The molecule has 0 amide bonds. The third-order valence-corrected chi connectivity index (χ3v) is 6.31. The Balaban J connectivity index is 1.56. The van der Waals surface area contributed by atoms with Crippen molar-refractivity contribution in [1.82, 2.24) is 9.97 Å². The Morgan fingerprint density at radius 3 is 2.59 bits per heavy atom. The topological polar surface area (TPSA) is 75.1 Å². The third-order valence-electron chi connectivity index (χ3n) is 5.42. The van der Waals surface area contributed by atoms with Crippen molar-refractivity contribution < 1.29 is 9.90 Å². The smallest absolute Gasteiger partial charge is 0.335 e. The maximum Gasteiger partial charge on any atom is 0.335 e. The first-order valence-corrected chi connectivity index (χ1v) is 10.5. The largest absolute Gasteiger partial charge is 0.478 e. The van der Waals surface area contributed by atoms with Crippen molar-refractivity contribution in [3.63, 3.8) is 0 Å². The van der Waals surface area contributed by atoms with Gasteiger partial charge in [0.1, 0.15) is 17.0 Å². The van der Waals surface area contributed by atoms with Crippen LogP contribution >= 0.6 is 11.3 Å². The summed E-state index contributed by atoms with van der Waals surface area (Å²) in [7, 11) is 0. The van der Waals surface area contributed by atoms with Crippen LogP contribution in [0.3, 0.4) is 0 Å². The second kappa shape index (κ2) is 7.29. The molecule has 0 unspecified atom stereocenters. The minimum absolute atomic E-state index is 0.258. The Morgan fingerprint density at radius 2 is 1.79 bits per heavy atom. The van der Waals surface area contributed by atoms with E-state index in [1.54, 1.807) is 41.9 Å². The average Bonchev–Trinajstić information content (AvgIpc) is 3.19. The number of carboxylic acid groups (broad SMARTS) is 1. The summed E-state index contributed by atoms with van der Waals surface area (Å²) in [6, 6.07) is 13.4. The van der Waals surface area contributed by atoms with Crippen LogP contribution < -0.4 is 5.32 Å². The Bertz CT molecular complexity index is 1210. The fraction of sp³-hybridized carbons (Fsp3) is 0.174. The highest BCUT2D eigenvalue weighted by molar-refractivity contribution is 7.17. The predicted molar refractivity (Wildman–Crippen MR) is 116 cm³/mol. The lowest BCUT2D eigenvalue weighted by molar-refractivity contribution is 0.0697. The van der Waals surface area contributed by atoms with Crippen LogP contribution in [0.5, 0.6) is 0 Å². The highest BCUT2D eigenvalue weighted by Crippen LogP contribution is 2.38. The van der Waals surface area contributed by atoms with Gasteiger partial charge in [-0.3, -0.25) is 0 Å². The molecular weight excluding hydrogens is 382 g/mol. The molecule has 0 saturated heterocycles. The monoisotopic (exact) mass is 401 g/mol. The molecule has 5 rings (SSSR count). The van der Waals surface area contributed by atoms with Crippen LogP contribution in [-0.4, -0.2) is 21.0 Å². The fourth-order valence-electron chi connectivity index (χ4n) is 3.92. The maximum absolute atomic E-state index is 11.1. The van der Waals surface area contributed by atoms with Crippen LogP contribution in [0.4, 0.5) is 11.5 Å². The quantitative estimate of drug-likeness (QED) is 0.460. The van der Waals surface area contributed by atoms with E-state index in [9.17, 15) is 4.79 Å². The van der Waals surface area contributed by atoms with Gasteiger partial charge in [0.05, 0.1) is 10.9 Å². The summed E-state index contributed by atoms with van der Waals surface area (Å²) in [5, 5.41) is 15.6. The number of nitrogens with one attached hydrogen (secondary N) is 1. The molecule has 0 aliphatic heterocycles. The molecule has 2 aromatic heterocycles. The van der Waals surface area contributed by atoms with E-state index >= 15 is 0 Å². The molecule has 5 nitrogen and oxygen atoms in total. The molecule has 2 aromatic carbocycles. The number of aromatic nitrogens is 2. The molecule has 0 radical (unpaired) electrons. The Labute approximate surface area is 172 Å². The van der Waals surface area contributed by atoms with Gasteiger partial charge in [0.25, 0.3) is 0 Å². The molecule has 2 N–H and O–H groups in total. The first-order valence-electron chi connectivity index (χ1n) is 9.64. The maximum atomic E-state index is 11.1. The van der Waals surface area contributed by atoms with E-state index in [0.29, 0.717) is 0 Å². The number of hydrogen-bond donors (Lipinski definition) is 2. The number of carboxylic acids is 1. The van der Waals surface area contributed by atoms with Gasteiger partial charge in [-0.2, -0.15) is 0 Å². The summed E-state index contributed by atoms with van der Waals surface area (Å²) in [6.45, 7) is 0. The molecule has 2 heterocycles. The SMILES string of the molecule is O=C(O)c1ccc(Nc2ncnc3scc(-c4ccc5c(c4)CCCC5)c23)cc1. The minimum atomic E-state index is -0.937. The molecule has 0 atom stereocenters. The molecule has 29 heavy (non-hydrogen) atoms. The van der Waals surface area contributed by atoms with Gasteiger partial charge < -0.3 is 10.4 Å². The molecule has 4 aromatic rings. The zero-order valence-electron chi connectivity index (χ0n) is 15.7. The van der Waals surface area contributed by atoms with Crippen LogP contribution in [0.15, 0.2) is 54.2 Å². The van der Waals surface area contributed by atoms with Gasteiger partial charge in [0.15, 0.2) is 0 Å². The van der Waals surface area contributed by atoms with Crippen molar-refractivity contribution >= 4 is 39.0 Å². The normalized spacial score (nSPS) is 13.2. The molecule has 0 bridgehead atoms. The first-order chi connectivity index (χ1) is 14.2. The molecule has 1 aliphatic carbocycles. The summed E-state index contributed by atoms with van der Waals surface area (Å²) >= 11 is 1.61. The highest BCUT2D eigenvalue weighted by atomic mass is 32.1. The summed E-state index contributed by atoms with van der Waals surface area (Å²) < 4.78 is 0. The highest BCUT2D eigenvalue weighted by Gasteiger charge is 2.16. The predicted octanol–water partition coefficient (Wildman–Crippen LogP) is 5.68. The zero-order chi connectivity index (χ0) is 19.8. The number of aromatic carboxylic acids is 1. The van der Waals surface area contributed by atoms with Gasteiger partial charge >= 0.3 is 5.97 Å². The lowest BCUT2D eigenvalue weighted by Gasteiger charge is -2.16. The van der Waals surface area contributed by atoms with E-state index in [-0.39, 0.29) is 5.56 Å². The number of fused-ring (bicyclic) bond motifs is 2. The molecule has 0 fully saturated rings. The van der Waals surface area contributed by atoms with Crippen LogP contribution in [-0.2, 0) is 12.8 Å². The lowest BCUT2D eigenvalue weighted by Crippen LogP contribution is -2.02. The van der Waals surface area contributed by atoms with Crippen molar-refractivity contribution in [3.8, 4) is 11.1 Å². The zero-order valence-corrected chi connectivity index (χ0v) is 16.5. The summed E-state index contributed by atoms with van der Waals surface area (Å²) in [5.74, 6) is -0.208. The van der Waals surface area contributed by atoms with E-state index in [4.69, 9.17) is 5.11 Å². The standard InChI is InChI=1S/C23H19N3O2S/c27-23(28)15-7-9-18(10-8-15)26-21-20-19(12-29-22(20)25-13-24-21)17-6-5-14-3-1-2-4-16(14)11-17/h5-13H,1-4H2,(H,27,28)(H,24,25,26). The second-order valence-corrected chi connectivity index (χ2v) is 8.11. The number of aryl methyl sites for hydroxylation is 2. The van der Waals surface area contributed by atoms with Gasteiger partial charge in [-0.1, -0.05) is 18.2 Å². The van der Waals surface area contributed by atoms with Gasteiger partial charge in [0, 0.05) is 16.6 Å². The van der Waals surface area contributed by atoms with Crippen molar-refractivity contribution in [1.29, 1.82) is 0 Å². The molecule has 1 aliphatic rings. The van der Waals surface area contributed by atoms with Gasteiger partial charge in [-0.25, -0.2) is 14.8 Å². The first kappa shape index (κ1) is 17.8. The van der Waals surface area contributed by atoms with E-state index in [2.05, 4.69) is 38.9 Å². The van der Waals surface area contributed by atoms with Crippen molar-refractivity contribution in [3.05, 3.63) is 70.9 Å². The van der Waals surface area contributed by atoms with Crippen molar-refractivity contribution in [2.24, 2.45) is 0 Å². The van der Waals surface area contributed by atoms with Gasteiger partial charge in [-0.05, 0) is 66.6 Å². The molecular formula is C23H19N3O2S. The van der Waals surface area contributed by atoms with Gasteiger partial charge in [0.2, 0.25) is 0 Å². The van der Waals surface area contributed by atoms with E-state index in [1.807, 2.05) is 0 Å². The van der Waals surface area contributed by atoms with E-state index in [0.717, 1.165) is 33.7 Å². The Kier molecular flexibility index (Phi) is 4.48. The average molecular weight is 401 g/mol. The number of carbonyl (C=O) groups is 1. The van der Waals surface area contributed by atoms with Crippen LogP contribution in [0.25, 0.3) is 21.3 Å². The van der Waals surface area contributed by atoms with E-state index < -0.39 is 5.97 Å². The third kappa shape index (κ3) is 3.36. The van der Waals surface area contributed by atoms with Crippen LogP contribution in [0.1, 0.15) is 34.3 Å². The molecule has 0 spiro atoms. The number of rotatable bonds is 4. The number of thiophene rings is 1. The van der Waals surface area contributed by atoms with Crippen LogP contribution in [0, 0.1) is 0 Å². The molecule has 0 saturated carbocycles. The van der Waals surface area contributed by atoms with E-state index in [1.165, 1.54) is 36.0 Å². The number of hydrogen-bond acceptors (Lipinski definition) is 5.